The number of likely N-dealkylation sites (N-methyl/N-ethyl adjacent to an activating group) is 1. The maximum Gasteiger partial charge on any atom is 0.239 e. The van der Waals surface area contributed by atoms with Crippen molar-refractivity contribution in [1.29, 1.82) is 0 Å². The lowest BCUT2D eigenvalue weighted by Gasteiger charge is -2.22. The first-order valence-corrected chi connectivity index (χ1v) is 7.39. The van der Waals surface area contributed by atoms with Crippen LogP contribution in [0, 0.1) is 0 Å². The third kappa shape index (κ3) is 6.79. The van der Waals surface area contributed by atoms with Gasteiger partial charge in [-0.1, -0.05) is 18.2 Å². The van der Waals surface area contributed by atoms with E-state index in [0.717, 1.165) is 12.2 Å². The summed E-state index contributed by atoms with van der Waals surface area (Å²) in [6.07, 6.45) is 0.307. The first-order chi connectivity index (χ1) is 10.0. The Kier molecular flexibility index (Phi) is 7.29. The Hall–Kier alpha value is -2.04. The molecule has 21 heavy (non-hydrogen) atoms. The fourth-order valence-electron chi connectivity index (χ4n) is 1.96. The second kappa shape index (κ2) is 9.00. The fourth-order valence-corrected chi connectivity index (χ4v) is 1.96. The van der Waals surface area contributed by atoms with E-state index in [9.17, 15) is 9.59 Å². The number of benzene rings is 1. The minimum Gasteiger partial charge on any atom is -0.363 e. The predicted molar refractivity (Wildman–Crippen MR) is 85.2 cm³/mol. The molecule has 0 atom stereocenters. The molecule has 0 unspecified atom stereocenters. The Bertz CT molecular complexity index is 446. The van der Waals surface area contributed by atoms with E-state index in [4.69, 9.17) is 0 Å². The van der Waals surface area contributed by atoms with Crippen molar-refractivity contribution in [2.45, 2.75) is 33.2 Å². The Morgan fingerprint density at radius 2 is 1.81 bits per heavy atom. The second-order valence-electron chi connectivity index (χ2n) is 5.17. The molecule has 2 N–H and O–H groups in total. The number of hydrogen-bond acceptors (Lipinski definition) is 3. The number of carbonyl (C=O) groups is 2. The van der Waals surface area contributed by atoms with E-state index < -0.39 is 0 Å². The lowest BCUT2D eigenvalue weighted by molar-refractivity contribution is -0.122. The average Bonchev–Trinajstić information content (AvgIpc) is 2.45. The van der Waals surface area contributed by atoms with Crippen molar-refractivity contribution in [3.8, 4) is 0 Å². The van der Waals surface area contributed by atoms with Gasteiger partial charge in [-0.05, 0) is 32.9 Å². The van der Waals surface area contributed by atoms with Gasteiger partial charge in [-0.25, -0.2) is 0 Å². The molecule has 5 heteroatoms. The number of nitrogens with zero attached hydrogens (tertiary/aromatic N) is 1. The highest BCUT2D eigenvalue weighted by molar-refractivity contribution is 5.82. The number of amides is 2. The SMILES string of the molecule is CCN(CC(=O)NCCC(=O)NC(C)C)c1ccccc1. The molecule has 2 amide bonds. The van der Waals surface area contributed by atoms with Crippen molar-refractivity contribution >= 4 is 17.5 Å². The molecule has 1 aromatic rings. The lowest BCUT2D eigenvalue weighted by Crippen LogP contribution is -2.39. The van der Waals surface area contributed by atoms with Crippen molar-refractivity contribution in [1.82, 2.24) is 10.6 Å². The van der Waals surface area contributed by atoms with Crippen molar-refractivity contribution in [2.24, 2.45) is 0 Å². The Morgan fingerprint density at radius 3 is 2.38 bits per heavy atom. The first kappa shape index (κ1) is 17.0. The van der Waals surface area contributed by atoms with E-state index in [-0.39, 0.29) is 17.9 Å². The number of para-hydroxylation sites is 1. The molecular weight excluding hydrogens is 266 g/mol. The van der Waals surface area contributed by atoms with Gasteiger partial charge in [0, 0.05) is 31.2 Å². The quantitative estimate of drug-likeness (QED) is 0.764. The molecule has 0 heterocycles. The highest BCUT2D eigenvalue weighted by Gasteiger charge is 2.10. The van der Waals surface area contributed by atoms with Gasteiger partial charge in [-0.15, -0.1) is 0 Å². The summed E-state index contributed by atoms with van der Waals surface area (Å²) in [5.74, 6) is -0.112. The van der Waals surface area contributed by atoms with Gasteiger partial charge in [0.1, 0.15) is 0 Å². The van der Waals surface area contributed by atoms with Crippen molar-refractivity contribution in [3.05, 3.63) is 30.3 Å². The van der Waals surface area contributed by atoms with Gasteiger partial charge in [0.2, 0.25) is 11.8 Å². The van der Waals surface area contributed by atoms with Gasteiger partial charge in [0.05, 0.1) is 6.54 Å². The molecule has 0 spiro atoms. The third-order valence-electron chi connectivity index (χ3n) is 2.96. The maximum atomic E-state index is 11.9. The summed E-state index contributed by atoms with van der Waals surface area (Å²) in [5, 5.41) is 5.57. The summed E-state index contributed by atoms with van der Waals surface area (Å²) < 4.78 is 0. The van der Waals surface area contributed by atoms with Crippen LogP contribution in [-0.4, -0.2) is 37.5 Å². The molecule has 116 valence electrons. The number of anilines is 1. The number of rotatable bonds is 8. The average molecular weight is 291 g/mol. The van der Waals surface area contributed by atoms with Crippen LogP contribution in [0.5, 0.6) is 0 Å². The van der Waals surface area contributed by atoms with Gasteiger partial charge in [-0.3, -0.25) is 9.59 Å². The van der Waals surface area contributed by atoms with Crippen molar-refractivity contribution in [2.75, 3.05) is 24.5 Å². The molecule has 5 nitrogen and oxygen atoms in total. The molecule has 0 saturated carbocycles. The zero-order chi connectivity index (χ0) is 15.7. The summed E-state index contributed by atoms with van der Waals surface area (Å²) >= 11 is 0. The number of nitrogens with one attached hydrogen (secondary N) is 2. The monoisotopic (exact) mass is 291 g/mol. The van der Waals surface area contributed by atoms with E-state index >= 15 is 0 Å². The summed E-state index contributed by atoms with van der Waals surface area (Å²) in [7, 11) is 0. The van der Waals surface area contributed by atoms with Crippen LogP contribution >= 0.6 is 0 Å². The van der Waals surface area contributed by atoms with E-state index in [1.807, 2.05) is 56.0 Å². The Labute approximate surface area is 126 Å². The topological polar surface area (TPSA) is 61.4 Å². The second-order valence-corrected chi connectivity index (χ2v) is 5.17. The minimum absolute atomic E-state index is 0.0410. The van der Waals surface area contributed by atoms with E-state index in [2.05, 4.69) is 10.6 Å². The van der Waals surface area contributed by atoms with Crippen molar-refractivity contribution < 1.29 is 9.59 Å². The molecule has 0 aliphatic heterocycles. The van der Waals surface area contributed by atoms with E-state index in [1.165, 1.54) is 0 Å². The van der Waals surface area contributed by atoms with Gasteiger partial charge in [0.25, 0.3) is 0 Å². The highest BCUT2D eigenvalue weighted by Crippen LogP contribution is 2.11. The summed E-state index contributed by atoms with van der Waals surface area (Å²) in [5.41, 5.74) is 1.02. The van der Waals surface area contributed by atoms with Crippen LogP contribution in [-0.2, 0) is 9.59 Å². The van der Waals surface area contributed by atoms with E-state index in [1.54, 1.807) is 0 Å². The van der Waals surface area contributed by atoms with Crippen LogP contribution in [0.1, 0.15) is 27.2 Å². The molecule has 0 aliphatic carbocycles. The molecule has 1 rings (SSSR count). The molecule has 0 bridgehead atoms. The molecule has 0 fully saturated rings. The van der Waals surface area contributed by atoms with Crippen LogP contribution in [0.2, 0.25) is 0 Å². The van der Waals surface area contributed by atoms with Crippen LogP contribution in [0.4, 0.5) is 5.69 Å². The van der Waals surface area contributed by atoms with Gasteiger partial charge >= 0.3 is 0 Å². The van der Waals surface area contributed by atoms with Crippen LogP contribution < -0.4 is 15.5 Å². The zero-order valence-electron chi connectivity index (χ0n) is 13.1. The van der Waals surface area contributed by atoms with Crippen LogP contribution in [0.3, 0.4) is 0 Å². The molecule has 1 aromatic carbocycles. The largest absolute Gasteiger partial charge is 0.363 e. The molecule has 0 radical (unpaired) electrons. The molecule has 0 aliphatic rings. The number of carbonyl (C=O) groups excluding carboxylic acids is 2. The summed E-state index contributed by atoms with van der Waals surface area (Å²) in [6.45, 7) is 7.25. The normalized spacial score (nSPS) is 10.3. The van der Waals surface area contributed by atoms with Gasteiger partial charge in [-0.2, -0.15) is 0 Å². The zero-order valence-corrected chi connectivity index (χ0v) is 13.1. The summed E-state index contributed by atoms with van der Waals surface area (Å²) in [6, 6.07) is 9.94. The maximum absolute atomic E-state index is 11.9. The van der Waals surface area contributed by atoms with Crippen molar-refractivity contribution in [3.63, 3.8) is 0 Å². The van der Waals surface area contributed by atoms with Crippen LogP contribution in [0.25, 0.3) is 0 Å². The highest BCUT2D eigenvalue weighted by atomic mass is 16.2. The van der Waals surface area contributed by atoms with Crippen LogP contribution in [0.15, 0.2) is 30.3 Å². The summed E-state index contributed by atoms with van der Waals surface area (Å²) in [4.78, 5) is 25.4. The standard InChI is InChI=1S/C16H25N3O2/c1-4-19(14-8-6-5-7-9-14)12-16(21)17-11-10-15(20)18-13(2)3/h5-9,13H,4,10-12H2,1-3H3,(H,17,21)(H,18,20). The van der Waals surface area contributed by atoms with E-state index in [0.29, 0.717) is 19.5 Å². The fraction of sp³-hybridized carbons (Fsp3) is 0.500. The molecule has 0 saturated heterocycles. The Balaban J connectivity index is 2.34. The Morgan fingerprint density at radius 1 is 1.14 bits per heavy atom. The number of hydrogen-bond donors (Lipinski definition) is 2. The minimum atomic E-state index is -0.0712. The smallest absolute Gasteiger partial charge is 0.239 e. The van der Waals surface area contributed by atoms with Gasteiger partial charge in [0.15, 0.2) is 0 Å². The predicted octanol–water partition coefficient (Wildman–Crippen LogP) is 1.54. The first-order valence-electron chi connectivity index (χ1n) is 7.39. The third-order valence-corrected chi connectivity index (χ3v) is 2.96. The molecule has 0 aromatic heterocycles. The lowest BCUT2D eigenvalue weighted by atomic mass is 10.3. The van der Waals surface area contributed by atoms with Gasteiger partial charge < -0.3 is 15.5 Å². The molecular formula is C16H25N3O2.